The van der Waals surface area contributed by atoms with Gasteiger partial charge in [0.1, 0.15) is 5.69 Å². The summed E-state index contributed by atoms with van der Waals surface area (Å²) in [5, 5.41) is 13.2. The molecule has 4 rings (SSSR count). The Morgan fingerprint density at radius 2 is 1.83 bits per heavy atom. The predicted octanol–water partition coefficient (Wildman–Crippen LogP) is 3.73. The SMILES string of the molecule is Cn1cc(-c2n[nH]c3ccc(B4CC(C)(C)C(C)(C)C4)cc23)cn1. The normalized spacial score (nSPS) is 19.3. The van der Waals surface area contributed by atoms with Crippen molar-refractivity contribution < 1.29 is 0 Å². The number of aryl methyl sites for hydroxylation is 1. The summed E-state index contributed by atoms with van der Waals surface area (Å²) in [7, 11) is 1.94. The minimum absolute atomic E-state index is 0.370. The summed E-state index contributed by atoms with van der Waals surface area (Å²) in [5.41, 5.74) is 5.33. The van der Waals surface area contributed by atoms with Gasteiger partial charge in [-0.1, -0.05) is 57.9 Å². The molecule has 0 aliphatic carbocycles. The van der Waals surface area contributed by atoms with Crippen LogP contribution in [0, 0.1) is 10.8 Å². The Morgan fingerprint density at radius 1 is 1.12 bits per heavy atom. The molecule has 0 amide bonds. The highest BCUT2D eigenvalue weighted by Crippen LogP contribution is 2.52. The van der Waals surface area contributed by atoms with Gasteiger partial charge in [0.05, 0.1) is 11.7 Å². The fourth-order valence-electron chi connectivity index (χ4n) is 4.14. The molecule has 0 spiro atoms. The van der Waals surface area contributed by atoms with Gasteiger partial charge < -0.3 is 0 Å². The molecule has 1 aliphatic rings. The molecule has 0 saturated carbocycles. The van der Waals surface area contributed by atoms with Crippen molar-refractivity contribution >= 4 is 23.1 Å². The first-order valence-corrected chi connectivity index (χ1v) is 8.74. The van der Waals surface area contributed by atoms with Gasteiger partial charge in [0.15, 0.2) is 6.71 Å². The largest absolute Gasteiger partial charge is 0.277 e. The maximum Gasteiger partial charge on any atom is 0.177 e. The van der Waals surface area contributed by atoms with E-state index in [1.807, 2.05) is 24.1 Å². The molecule has 24 heavy (non-hydrogen) atoms. The summed E-state index contributed by atoms with van der Waals surface area (Å²) < 4.78 is 1.82. The Kier molecular flexibility index (Phi) is 3.21. The van der Waals surface area contributed by atoms with E-state index in [2.05, 4.69) is 61.2 Å². The molecule has 3 aromatic rings. The van der Waals surface area contributed by atoms with Crippen molar-refractivity contribution in [2.75, 3.05) is 0 Å². The van der Waals surface area contributed by atoms with E-state index in [0.717, 1.165) is 16.8 Å². The molecular formula is C19H25BN4. The lowest BCUT2D eigenvalue weighted by atomic mass is 9.42. The third-order valence-electron chi connectivity index (χ3n) is 6.38. The molecule has 0 unspecified atom stereocenters. The molecule has 3 heterocycles. The molecule has 124 valence electrons. The van der Waals surface area contributed by atoms with Crippen LogP contribution in [0.15, 0.2) is 30.6 Å². The molecule has 4 nitrogen and oxygen atoms in total. The van der Waals surface area contributed by atoms with Gasteiger partial charge in [-0.25, -0.2) is 0 Å². The van der Waals surface area contributed by atoms with E-state index >= 15 is 0 Å². The Labute approximate surface area is 143 Å². The van der Waals surface area contributed by atoms with Crippen molar-refractivity contribution in [1.29, 1.82) is 0 Å². The van der Waals surface area contributed by atoms with Crippen molar-refractivity contribution in [1.82, 2.24) is 20.0 Å². The zero-order chi connectivity index (χ0) is 17.1. The number of H-pyrrole nitrogens is 1. The number of nitrogens with one attached hydrogen (secondary N) is 1. The van der Waals surface area contributed by atoms with E-state index in [0.29, 0.717) is 17.5 Å². The van der Waals surface area contributed by atoms with E-state index < -0.39 is 0 Å². The molecule has 0 atom stereocenters. The average Bonchev–Trinajstić information content (AvgIpc) is 3.15. The number of hydrogen-bond acceptors (Lipinski definition) is 2. The van der Waals surface area contributed by atoms with Crippen LogP contribution in [0.4, 0.5) is 0 Å². The van der Waals surface area contributed by atoms with E-state index in [9.17, 15) is 0 Å². The summed E-state index contributed by atoms with van der Waals surface area (Å²) in [4.78, 5) is 0. The van der Waals surface area contributed by atoms with Crippen LogP contribution < -0.4 is 5.46 Å². The molecule has 2 aromatic heterocycles. The molecule has 1 fully saturated rings. The summed E-state index contributed by atoms with van der Waals surface area (Å²) in [6.45, 7) is 10.3. The molecule has 1 saturated heterocycles. The first-order chi connectivity index (χ1) is 11.3. The highest BCUT2D eigenvalue weighted by molar-refractivity contribution is 6.74. The van der Waals surface area contributed by atoms with Crippen molar-refractivity contribution in [3.8, 4) is 11.3 Å². The molecule has 1 N–H and O–H groups in total. The van der Waals surface area contributed by atoms with E-state index in [1.165, 1.54) is 23.5 Å². The van der Waals surface area contributed by atoms with Gasteiger partial charge in [0.25, 0.3) is 0 Å². The first-order valence-electron chi connectivity index (χ1n) is 8.74. The second-order valence-electron chi connectivity index (χ2n) is 8.65. The monoisotopic (exact) mass is 320 g/mol. The summed E-state index contributed by atoms with van der Waals surface area (Å²) in [6, 6.07) is 6.79. The summed E-state index contributed by atoms with van der Waals surface area (Å²) in [5.74, 6) is 0. The van der Waals surface area contributed by atoms with Crippen molar-refractivity contribution in [2.45, 2.75) is 40.3 Å². The molecule has 0 radical (unpaired) electrons. The van der Waals surface area contributed by atoms with E-state index in [4.69, 9.17) is 0 Å². The van der Waals surface area contributed by atoms with Crippen molar-refractivity contribution in [2.24, 2.45) is 17.9 Å². The summed E-state index contributed by atoms with van der Waals surface area (Å²) >= 11 is 0. The van der Waals surface area contributed by atoms with E-state index in [-0.39, 0.29) is 0 Å². The molecular weight excluding hydrogens is 295 g/mol. The van der Waals surface area contributed by atoms with Gasteiger partial charge in [0.2, 0.25) is 0 Å². The van der Waals surface area contributed by atoms with Gasteiger partial charge in [-0.2, -0.15) is 10.2 Å². The molecule has 5 heteroatoms. The lowest BCUT2D eigenvalue weighted by Gasteiger charge is -2.35. The Balaban J connectivity index is 1.76. The maximum atomic E-state index is 4.53. The second kappa shape index (κ2) is 4.98. The number of rotatable bonds is 2. The average molecular weight is 320 g/mol. The van der Waals surface area contributed by atoms with Crippen LogP contribution in [0.1, 0.15) is 27.7 Å². The molecule has 1 aromatic carbocycles. The van der Waals surface area contributed by atoms with Gasteiger partial charge in [0, 0.05) is 24.2 Å². The maximum absolute atomic E-state index is 4.53. The fraction of sp³-hybridized carbons (Fsp3) is 0.474. The fourth-order valence-corrected chi connectivity index (χ4v) is 4.14. The highest BCUT2D eigenvalue weighted by Gasteiger charge is 2.48. The minimum Gasteiger partial charge on any atom is -0.277 e. The Hall–Kier alpha value is -2.04. The molecule has 1 aliphatic heterocycles. The summed E-state index contributed by atoms with van der Waals surface area (Å²) in [6.07, 6.45) is 6.38. The van der Waals surface area contributed by atoms with Gasteiger partial charge in [-0.15, -0.1) is 0 Å². The third-order valence-corrected chi connectivity index (χ3v) is 6.38. The number of fused-ring (bicyclic) bond motifs is 1. The van der Waals surface area contributed by atoms with Crippen LogP contribution in [0.3, 0.4) is 0 Å². The lowest BCUT2D eigenvalue weighted by molar-refractivity contribution is 0.177. The van der Waals surface area contributed by atoms with Crippen LogP contribution in [0.5, 0.6) is 0 Å². The highest BCUT2D eigenvalue weighted by atomic mass is 15.2. The van der Waals surface area contributed by atoms with Crippen LogP contribution in [0.25, 0.3) is 22.2 Å². The zero-order valence-corrected chi connectivity index (χ0v) is 15.2. The van der Waals surface area contributed by atoms with Gasteiger partial charge >= 0.3 is 0 Å². The number of aromatic nitrogens is 4. The topological polar surface area (TPSA) is 46.5 Å². The minimum atomic E-state index is 0.370. The van der Waals surface area contributed by atoms with Crippen LogP contribution >= 0.6 is 0 Å². The number of benzene rings is 1. The molecule has 0 bridgehead atoms. The van der Waals surface area contributed by atoms with Crippen LogP contribution in [-0.4, -0.2) is 26.7 Å². The number of nitrogens with zero attached hydrogens (tertiary/aromatic N) is 3. The standard InChI is InChI=1S/C19H25BN4/c1-18(2)11-20(12-19(18,3)4)14-6-7-16-15(8-14)17(23-22-16)13-9-21-24(5)10-13/h6-10H,11-12H2,1-5H3,(H,22,23). The van der Waals surface area contributed by atoms with E-state index in [1.54, 1.807) is 0 Å². The predicted molar refractivity (Wildman–Crippen MR) is 101 cm³/mol. The van der Waals surface area contributed by atoms with Crippen LogP contribution in [0.2, 0.25) is 12.6 Å². The van der Waals surface area contributed by atoms with Crippen molar-refractivity contribution in [3.05, 3.63) is 30.6 Å². The second-order valence-corrected chi connectivity index (χ2v) is 8.65. The smallest absolute Gasteiger partial charge is 0.177 e. The lowest BCUT2D eigenvalue weighted by Crippen LogP contribution is -2.27. The first kappa shape index (κ1) is 15.5. The van der Waals surface area contributed by atoms with Gasteiger partial charge in [-0.3, -0.25) is 9.78 Å². The Bertz CT molecular complexity index is 887. The zero-order valence-electron chi connectivity index (χ0n) is 15.2. The quantitative estimate of drug-likeness (QED) is 0.731. The van der Waals surface area contributed by atoms with Gasteiger partial charge in [-0.05, 0) is 16.9 Å². The van der Waals surface area contributed by atoms with Crippen molar-refractivity contribution in [3.63, 3.8) is 0 Å². The third kappa shape index (κ3) is 2.29. The van der Waals surface area contributed by atoms with Crippen LogP contribution in [-0.2, 0) is 7.05 Å². The number of aromatic amines is 1. The Morgan fingerprint density at radius 3 is 2.46 bits per heavy atom. The number of hydrogen-bond donors (Lipinski definition) is 1.